The predicted octanol–water partition coefficient (Wildman–Crippen LogP) is 5.95. The van der Waals surface area contributed by atoms with Crippen molar-refractivity contribution in [2.24, 2.45) is 5.41 Å². The first kappa shape index (κ1) is 18.0. The second kappa shape index (κ2) is 7.23. The highest BCUT2D eigenvalue weighted by atomic mass is 32.1. The summed E-state index contributed by atoms with van der Waals surface area (Å²) in [7, 11) is 2.02. The van der Waals surface area contributed by atoms with Gasteiger partial charge in [0.15, 0.2) is 0 Å². The van der Waals surface area contributed by atoms with Crippen LogP contribution in [0.4, 0.5) is 0 Å². The van der Waals surface area contributed by atoms with Crippen LogP contribution in [0, 0.1) is 12.3 Å². The molecule has 1 heterocycles. The molecule has 24 heavy (non-hydrogen) atoms. The number of rotatable bonds is 5. The molecule has 2 aromatic rings. The van der Waals surface area contributed by atoms with Crippen molar-refractivity contribution in [3.63, 3.8) is 0 Å². The molecule has 0 fully saturated rings. The van der Waals surface area contributed by atoms with Crippen LogP contribution in [0.3, 0.4) is 0 Å². The van der Waals surface area contributed by atoms with Crippen molar-refractivity contribution in [2.45, 2.75) is 52.9 Å². The van der Waals surface area contributed by atoms with E-state index in [2.05, 4.69) is 57.9 Å². The van der Waals surface area contributed by atoms with E-state index >= 15 is 0 Å². The van der Waals surface area contributed by atoms with Crippen molar-refractivity contribution >= 4 is 24.2 Å². The van der Waals surface area contributed by atoms with Gasteiger partial charge in [0, 0.05) is 16.3 Å². The van der Waals surface area contributed by atoms with Crippen LogP contribution in [0.2, 0.25) is 0 Å². The molecule has 1 aromatic heterocycles. The number of thiophene rings is 1. The maximum Gasteiger partial charge on any atom is 0.0380 e. The van der Waals surface area contributed by atoms with Gasteiger partial charge in [-0.05, 0) is 73.7 Å². The standard InChI is InChI=1S/C21H29NS2/c1-15-18-14-21(2,3)12-11-19(18)24-20(15)17-10-6-5-8-16(17)9-7-13-22(4)23/h5-6,8,10,23H,7,9,11-14H2,1-4H3. The summed E-state index contributed by atoms with van der Waals surface area (Å²) in [5.74, 6) is 0. The van der Waals surface area contributed by atoms with Crippen LogP contribution in [-0.4, -0.2) is 17.9 Å². The van der Waals surface area contributed by atoms with Crippen LogP contribution >= 0.6 is 24.2 Å². The number of benzene rings is 1. The molecule has 1 nitrogen and oxygen atoms in total. The lowest BCUT2D eigenvalue weighted by molar-refractivity contribution is 0.317. The number of aryl methyl sites for hydroxylation is 2. The van der Waals surface area contributed by atoms with Crippen LogP contribution in [0.5, 0.6) is 0 Å². The van der Waals surface area contributed by atoms with Crippen LogP contribution < -0.4 is 0 Å². The highest BCUT2D eigenvalue weighted by Gasteiger charge is 2.29. The molecule has 0 N–H and O–H groups in total. The molecule has 0 aliphatic heterocycles. The third-order valence-corrected chi connectivity index (χ3v) is 6.86. The zero-order chi connectivity index (χ0) is 17.3. The zero-order valence-corrected chi connectivity index (χ0v) is 17.1. The minimum atomic E-state index is 0.451. The average molecular weight is 360 g/mol. The van der Waals surface area contributed by atoms with E-state index in [-0.39, 0.29) is 0 Å². The summed E-state index contributed by atoms with van der Waals surface area (Å²) in [6, 6.07) is 8.98. The summed E-state index contributed by atoms with van der Waals surface area (Å²) in [6.45, 7) is 8.18. The van der Waals surface area contributed by atoms with E-state index in [0.717, 1.165) is 19.4 Å². The van der Waals surface area contributed by atoms with Crippen molar-refractivity contribution in [2.75, 3.05) is 13.6 Å². The quantitative estimate of drug-likeness (QED) is 0.646. The van der Waals surface area contributed by atoms with Gasteiger partial charge in [0.05, 0.1) is 0 Å². The maximum atomic E-state index is 4.36. The Bertz CT molecular complexity index is 713. The summed E-state index contributed by atoms with van der Waals surface area (Å²) in [4.78, 5) is 3.14. The normalized spacial score (nSPS) is 16.4. The smallest absolute Gasteiger partial charge is 0.0380 e. The monoisotopic (exact) mass is 359 g/mol. The van der Waals surface area contributed by atoms with Gasteiger partial charge in [-0.25, -0.2) is 0 Å². The SMILES string of the molecule is Cc1c(-c2ccccc2CCCN(C)S)sc2c1CC(C)(C)CC2. The molecule has 0 unspecified atom stereocenters. The minimum absolute atomic E-state index is 0.451. The minimum Gasteiger partial charge on any atom is -0.256 e. The lowest BCUT2D eigenvalue weighted by atomic mass is 9.76. The Balaban J connectivity index is 1.92. The second-order valence-corrected chi connectivity index (χ2v) is 9.73. The van der Waals surface area contributed by atoms with Crippen molar-refractivity contribution < 1.29 is 0 Å². The van der Waals surface area contributed by atoms with E-state index in [4.69, 9.17) is 0 Å². The van der Waals surface area contributed by atoms with Gasteiger partial charge in [0.1, 0.15) is 0 Å². The van der Waals surface area contributed by atoms with Gasteiger partial charge >= 0.3 is 0 Å². The first-order chi connectivity index (χ1) is 11.4. The van der Waals surface area contributed by atoms with E-state index < -0.39 is 0 Å². The molecule has 3 rings (SSSR count). The molecule has 130 valence electrons. The van der Waals surface area contributed by atoms with Crippen LogP contribution in [-0.2, 0) is 19.3 Å². The summed E-state index contributed by atoms with van der Waals surface area (Å²) in [5, 5.41) is 0. The lowest BCUT2D eigenvalue weighted by Crippen LogP contribution is -2.21. The Hall–Kier alpha value is -0.770. The molecule has 1 aromatic carbocycles. The van der Waals surface area contributed by atoms with Crippen LogP contribution in [0.1, 0.15) is 48.3 Å². The number of hydrogen-bond donors (Lipinski definition) is 1. The number of thiol groups is 1. The van der Waals surface area contributed by atoms with E-state index in [1.807, 2.05) is 22.7 Å². The van der Waals surface area contributed by atoms with E-state index in [0.29, 0.717) is 5.41 Å². The molecule has 0 saturated heterocycles. The molecule has 0 radical (unpaired) electrons. The third-order valence-electron chi connectivity index (χ3n) is 5.23. The predicted molar refractivity (Wildman–Crippen MR) is 110 cm³/mol. The number of nitrogens with zero attached hydrogens (tertiary/aromatic N) is 1. The van der Waals surface area contributed by atoms with Crippen molar-refractivity contribution in [1.29, 1.82) is 0 Å². The van der Waals surface area contributed by atoms with E-state index in [1.165, 1.54) is 40.8 Å². The van der Waals surface area contributed by atoms with Gasteiger partial charge in [-0.2, -0.15) is 0 Å². The molecule has 1 aliphatic carbocycles. The summed E-state index contributed by atoms with van der Waals surface area (Å²) in [6.07, 6.45) is 6.07. The summed E-state index contributed by atoms with van der Waals surface area (Å²) in [5.41, 5.74) is 6.55. The Morgan fingerprint density at radius 2 is 2.00 bits per heavy atom. The van der Waals surface area contributed by atoms with Crippen LogP contribution in [0.15, 0.2) is 24.3 Å². The molecule has 0 saturated carbocycles. The molecule has 0 amide bonds. The summed E-state index contributed by atoms with van der Waals surface area (Å²) >= 11 is 6.40. The Labute approximate surface area is 156 Å². The van der Waals surface area contributed by atoms with Gasteiger partial charge < -0.3 is 0 Å². The van der Waals surface area contributed by atoms with Gasteiger partial charge in [0.25, 0.3) is 0 Å². The fourth-order valence-electron chi connectivity index (χ4n) is 3.77. The van der Waals surface area contributed by atoms with Gasteiger partial charge in [-0.15, -0.1) is 11.3 Å². The van der Waals surface area contributed by atoms with Crippen molar-refractivity contribution in [3.05, 3.63) is 45.8 Å². The zero-order valence-electron chi connectivity index (χ0n) is 15.4. The van der Waals surface area contributed by atoms with Crippen molar-refractivity contribution in [1.82, 2.24) is 4.31 Å². The van der Waals surface area contributed by atoms with E-state index in [1.54, 1.807) is 10.4 Å². The molecule has 0 spiro atoms. The molecule has 1 aliphatic rings. The maximum absolute atomic E-state index is 4.36. The Morgan fingerprint density at radius 1 is 1.25 bits per heavy atom. The lowest BCUT2D eigenvalue weighted by Gasteiger charge is -2.29. The first-order valence-electron chi connectivity index (χ1n) is 8.97. The van der Waals surface area contributed by atoms with Gasteiger partial charge in [-0.3, -0.25) is 4.31 Å². The number of fused-ring (bicyclic) bond motifs is 1. The second-order valence-electron chi connectivity index (χ2n) is 7.94. The molecular formula is C21H29NS2. The Morgan fingerprint density at radius 3 is 2.75 bits per heavy atom. The molecule has 0 atom stereocenters. The first-order valence-corrected chi connectivity index (χ1v) is 10.2. The highest BCUT2D eigenvalue weighted by molar-refractivity contribution is 7.77. The number of hydrogen-bond acceptors (Lipinski definition) is 3. The van der Waals surface area contributed by atoms with Gasteiger partial charge in [0.2, 0.25) is 0 Å². The Kier molecular flexibility index (Phi) is 5.43. The van der Waals surface area contributed by atoms with E-state index in [9.17, 15) is 0 Å². The topological polar surface area (TPSA) is 3.24 Å². The average Bonchev–Trinajstić information content (AvgIpc) is 2.83. The summed E-state index contributed by atoms with van der Waals surface area (Å²) < 4.78 is 1.97. The van der Waals surface area contributed by atoms with Crippen LogP contribution in [0.25, 0.3) is 10.4 Å². The largest absolute Gasteiger partial charge is 0.256 e. The molecule has 0 bridgehead atoms. The van der Waals surface area contributed by atoms with Gasteiger partial charge in [-0.1, -0.05) is 50.9 Å². The highest BCUT2D eigenvalue weighted by Crippen LogP contribution is 2.45. The molecular weight excluding hydrogens is 330 g/mol. The van der Waals surface area contributed by atoms with Crippen molar-refractivity contribution in [3.8, 4) is 10.4 Å². The fourth-order valence-corrected chi connectivity index (χ4v) is 5.30. The molecule has 3 heteroatoms. The third kappa shape index (κ3) is 3.89. The fraction of sp³-hybridized carbons (Fsp3) is 0.524.